The summed E-state index contributed by atoms with van der Waals surface area (Å²) >= 11 is 0. The molecule has 1 N–H and O–H groups in total. The van der Waals surface area contributed by atoms with Crippen LogP contribution in [0, 0.1) is 5.92 Å². The fraction of sp³-hybridized carbons (Fsp3) is 0.933. The summed E-state index contributed by atoms with van der Waals surface area (Å²) in [6.45, 7) is 11.5. The minimum atomic E-state index is -0.576. The largest absolute Gasteiger partial charge is 0.468 e. The predicted molar refractivity (Wildman–Crippen MR) is 78.1 cm³/mol. The highest BCUT2D eigenvalue weighted by Gasteiger charge is 2.37. The van der Waals surface area contributed by atoms with Crippen LogP contribution in [-0.4, -0.2) is 49.2 Å². The van der Waals surface area contributed by atoms with E-state index in [9.17, 15) is 4.79 Å². The van der Waals surface area contributed by atoms with Crippen molar-refractivity contribution >= 4 is 5.97 Å². The van der Waals surface area contributed by atoms with Gasteiger partial charge in [0.25, 0.3) is 0 Å². The molecule has 1 aliphatic heterocycles. The Balaban J connectivity index is 2.61. The Labute approximate surface area is 117 Å². The number of carbonyl (C=O) groups is 1. The van der Waals surface area contributed by atoms with Gasteiger partial charge in [-0.2, -0.15) is 0 Å². The lowest BCUT2D eigenvalue weighted by Gasteiger charge is -2.34. The van der Waals surface area contributed by atoms with E-state index < -0.39 is 5.54 Å². The second-order valence-electron chi connectivity index (χ2n) is 5.97. The molecule has 0 aromatic carbocycles. The topological polar surface area (TPSA) is 41.6 Å². The first-order valence-electron chi connectivity index (χ1n) is 7.54. The number of hydrogen-bond acceptors (Lipinski definition) is 4. The standard InChI is InChI=1S/C15H30N2O2/c1-6-13-8-9-17(11-13)12(3)10-15(4,16-7-2)14(18)19-5/h12-13,16H,6-11H2,1-5H3. The monoisotopic (exact) mass is 270 g/mol. The summed E-state index contributed by atoms with van der Waals surface area (Å²) in [5.41, 5.74) is -0.576. The second kappa shape index (κ2) is 7.25. The van der Waals surface area contributed by atoms with E-state index in [-0.39, 0.29) is 5.97 Å². The molecular weight excluding hydrogens is 240 g/mol. The fourth-order valence-electron chi connectivity index (χ4n) is 3.16. The van der Waals surface area contributed by atoms with Gasteiger partial charge in [0.1, 0.15) is 5.54 Å². The van der Waals surface area contributed by atoms with Crippen LogP contribution in [-0.2, 0) is 9.53 Å². The Morgan fingerprint density at radius 1 is 1.53 bits per heavy atom. The molecule has 4 heteroatoms. The molecule has 112 valence electrons. The number of likely N-dealkylation sites (N-methyl/N-ethyl adjacent to an activating group) is 1. The van der Waals surface area contributed by atoms with Crippen molar-refractivity contribution in [1.82, 2.24) is 10.2 Å². The van der Waals surface area contributed by atoms with Crippen molar-refractivity contribution in [3.05, 3.63) is 0 Å². The first kappa shape index (κ1) is 16.4. The van der Waals surface area contributed by atoms with Crippen molar-refractivity contribution in [3.8, 4) is 0 Å². The van der Waals surface area contributed by atoms with Gasteiger partial charge in [-0.1, -0.05) is 20.3 Å². The van der Waals surface area contributed by atoms with Crippen LogP contribution in [0.15, 0.2) is 0 Å². The Kier molecular flexibility index (Phi) is 6.27. The number of esters is 1. The van der Waals surface area contributed by atoms with Gasteiger partial charge in [0, 0.05) is 12.6 Å². The normalized spacial score (nSPS) is 25.0. The molecule has 0 spiro atoms. The molecule has 1 rings (SSSR count). The third-order valence-corrected chi connectivity index (χ3v) is 4.42. The molecule has 1 aliphatic rings. The van der Waals surface area contributed by atoms with Crippen molar-refractivity contribution in [1.29, 1.82) is 0 Å². The van der Waals surface area contributed by atoms with E-state index in [0.717, 1.165) is 25.4 Å². The number of rotatable bonds is 7. The molecule has 0 aromatic heterocycles. The molecule has 3 unspecified atom stereocenters. The van der Waals surface area contributed by atoms with Gasteiger partial charge in [-0.3, -0.25) is 4.79 Å². The lowest BCUT2D eigenvalue weighted by Crippen LogP contribution is -2.53. The molecule has 3 atom stereocenters. The SMILES string of the molecule is CCNC(C)(CC(C)N1CCC(CC)C1)C(=O)OC. The molecule has 0 aromatic rings. The lowest BCUT2D eigenvalue weighted by atomic mass is 9.92. The summed E-state index contributed by atoms with van der Waals surface area (Å²) in [4.78, 5) is 14.5. The van der Waals surface area contributed by atoms with Crippen LogP contribution < -0.4 is 5.32 Å². The van der Waals surface area contributed by atoms with Crippen molar-refractivity contribution < 1.29 is 9.53 Å². The van der Waals surface area contributed by atoms with E-state index >= 15 is 0 Å². The quantitative estimate of drug-likeness (QED) is 0.719. The summed E-state index contributed by atoms with van der Waals surface area (Å²) in [5, 5.41) is 3.29. The molecule has 0 bridgehead atoms. The van der Waals surface area contributed by atoms with E-state index in [4.69, 9.17) is 4.74 Å². The predicted octanol–water partition coefficient (Wildman–Crippen LogP) is 2.04. The van der Waals surface area contributed by atoms with E-state index in [1.807, 2.05) is 13.8 Å². The maximum absolute atomic E-state index is 12.0. The smallest absolute Gasteiger partial charge is 0.325 e. The maximum atomic E-state index is 12.0. The first-order chi connectivity index (χ1) is 8.96. The zero-order valence-electron chi connectivity index (χ0n) is 13.2. The van der Waals surface area contributed by atoms with Gasteiger partial charge in [0.05, 0.1) is 7.11 Å². The van der Waals surface area contributed by atoms with Crippen molar-refractivity contribution in [2.75, 3.05) is 26.7 Å². The second-order valence-corrected chi connectivity index (χ2v) is 5.97. The number of ether oxygens (including phenoxy) is 1. The Bertz CT molecular complexity index is 296. The fourth-order valence-corrected chi connectivity index (χ4v) is 3.16. The summed E-state index contributed by atoms with van der Waals surface area (Å²) in [5.74, 6) is 0.665. The number of carbonyl (C=O) groups excluding carboxylic acids is 1. The molecule has 1 heterocycles. The highest BCUT2D eigenvalue weighted by Crippen LogP contribution is 2.25. The van der Waals surface area contributed by atoms with Crippen molar-refractivity contribution in [2.24, 2.45) is 5.92 Å². The summed E-state index contributed by atoms with van der Waals surface area (Å²) in [6, 6.07) is 0.402. The van der Waals surface area contributed by atoms with Crippen LogP contribution in [0.2, 0.25) is 0 Å². The van der Waals surface area contributed by atoms with E-state index in [2.05, 4.69) is 24.1 Å². The van der Waals surface area contributed by atoms with Crippen LogP contribution in [0.4, 0.5) is 0 Å². The van der Waals surface area contributed by atoms with Crippen LogP contribution in [0.5, 0.6) is 0 Å². The molecule has 0 aliphatic carbocycles. The summed E-state index contributed by atoms with van der Waals surface area (Å²) < 4.78 is 4.95. The van der Waals surface area contributed by atoms with Crippen LogP contribution in [0.3, 0.4) is 0 Å². The van der Waals surface area contributed by atoms with Crippen molar-refractivity contribution in [3.63, 3.8) is 0 Å². The highest BCUT2D eigenvalue weighted by molar-refractivity contribution is 5.80. The van der Waals surface area contributed by atoms with Crippen LogP contribution in [0.1, 0.15) is 47.0 Å². The summed E-state index contributed by atoms with van der Waals surface area (Å²) in [6.07, 6.45) is 3.34. The number of nitrogens with zero attached hydrogens (tertiary/aromatic N) is 1. The molecule has 1 fully saturated rings. The number of methoxy groups -OCH3 is 1. The van der Waals surface area contributed by atoms with Gasteiger partial charge in [-0.05, 0) is 45.7 Å². The van der Waals surface area contributed by atoms with E-state index in [0.29, 0.717) is 6.04 Å². The van der Waals surface area contributed by atoms with Gasteiger partial charge < -0.3 is 15.0 Å². The van der Waals surface area contributed by atoms with Gasteiger partial charge >= 0.3 is 5.97 Å². The van der Waals surface area contributed by atoms with E-state index in [1.165, 1.54) is 26.5 Å². The molecule has 0 amide bonds. The molecule has 4 nitrogen and oxygen atoms in total. The third kappa shape index (κ3) is 4.18. The molecule has 0 saturated carbocycles. The van der Waals surface area contributed by atoms with Gasteiger partial charge in [-0.25, -0.2) is 0 Å². The van der Waals surface area contributed by atoms with Crippen molar-refractivity contribution in [2.45, 2.75) is 58.5 Å². The third-order valence-electron chi connectivity index (χ3n) is 4.42. The maximum Gasteiger partial charge on any atom is 0.325 e. The minimum absolute atomic E-state index is 0.160. The zero-order chi connectivity index (χ0) is 14.5. The Morgan fingerprint density at radius 3 is 2.68 bits per heavy atom. The average Bonchev–Trinajstić information content (AvgIpc) is 2.86. The Morgan fingerprint density at radius 2 is 2.21 bits per heavy atom. The van der Waals surface area contributed by atoms with Crippen LogP contribution >= 0.6 is 0 Å². The zero-order valence-corrected chi connectivity index (χ0v) is 13.2. The number of hydrogen-bond donors (Lipinski definition) is 1. The molecular formula is C15H30N2O2. The molecule has 19 heavy (non-hydrogen) atoms. The lowest BCUT2D eigenvalue weighted by molar-refractivity contribution is -0.148. The van der Waals surface area contributed by atoms with E-state index in [1.54, 1.807) is 0 Å². The minimum Gasteiger partial charge on any atom is -0.468 e. The number of nitrogens with one attached hydrogen (secondary N) is 1. The van der Waals surface area contributed by atoms with Gasteiger partial charge in [0.15, 0.2) is 0 Å². The number of likely N-dealkylation sites (tertiary alicyclic amines) is 1. The summed E-state index contributed by atoms with van der Waals surface area (Å²) in [7, 11) is 1.46. The van der Waals surface area contributed by atoms with Gasteiger partial charge in [0.2, 0.25) is 0 Å². The highest BCUT2D eigenvalue weighted by atomic mass is 16.5. The Hall–Kier alpha value is -0.610. The molecule has 0 radical (unpaired) electrons. The van der Waals surface area contributed by atoms with Gasteiger partial charge in [-0.15, -0.1) is 0 Å². The first-order valence-corrected chi connectivity index (χ1v) is 7.54. The van der Waals surface area contributed by atoms with Crippen LogP contribution in [0.25, 0.3) is 0 Å². The average molecular weight is 270 g/mol. The molecule has 1 saturated heterocycles.